The first kappa shape index (κ1) is 15.4. The molecule has 0 bridgehead atoms. The van der Waals surface area contributed by atoms with Crippen molar-refractivity contribution in [2.24, 2.45) is 12.0 Å². The average Bonchev–Trinajstić information content (AvgIpc) is 3.05. The Morgan fingerprint density at radius 1 is 1.57 bits per heavy atom. The molecule has 0 aromatic carbocycles. The van der Waals surface area contributed by atoms with Gasteiger partial charge in [-0.2, -0.15) is 0 Å². The standard InChI is InChI=1S/C14H20ClN5O/c1-4-16-14(17-8-12-5-6-21-18-12)20(3)10-13-7-11(15)9-19(13)2/h5-7,9H,4,8,10H2,1-3H3,(H,16,17). The van der Waals surface area contributed by atoms with Crippen molar-refractivity contribution in [3.05, 3.63) is 41.0 Å². The Labute approximate surface area is 129 Å². The zero-order valence-electron chi connectivity index (χ0n) is 12.5. The van der Waals surface area contributed by atoms with Crippen LogP contribution in [0, 0.1) is 0 Å². The summed E-state index contributed by atoms with van der Waals surface area (Å²) >= 11 is 6.01. The molecule has 6 nitrogen and oxygen atoms in total. The predicted molar refractivity (Wildman–Crippen MR) is 83.2 cm³/mol. The normalized spacial score (nSPS) is 11.7. The highest BCUT2D eigenvalue weighted by Crippen LogP contribution is 2.14. The van der Waals surface area contributed by atoms with E-state index < -0.39 is 0 Å². The van der Waals surface area contributed by atoms with Gasteiger partial charge in [0.05, 0.1) is 18.1 Å². The Hall–Kier alpha value is -1.95. The molecule has 2 aromatic heterocycles. The molecule has 0 aliphatic carbocycles. The molecule has 0 spiro atoms. The Balaban J connectivity index is 2.06. The fraction of sp³-hybridized carbons (Fsp3) is 0.429. The lowest BCUT2D eigenvalue weighted by Crippen LogP contribution is -2.38. The van der Waals surface area contributed by atoms with Gasteiger partial charge in [-0.1, -0.05) is 16.8 Å². The number of aromatic nitrogens is 2. The lowest BCUT2D eigenvalue weighted by Gasteiger charge is -2.22. The number of hydrogen-bond acceptors (Lipinski definition) is 3. The van der Waals surface area contributed by atoms with E-state index in [9.17, 15) is 0 Å². The zero-order valence-corrected chi connectivity index (χ0v) is 13.3. The van der Waals surface area contributed by atoms with Crippen molar-refractivity contribution in [3.8, 4) is 0 Å². The van der Waals surface area contributed by atoms with E-state index in [0.29, 0.717) is 13.1 Å². The van der Waals surface area contributed by atoms with Crippen molar-refractivity contribution >= 4 is 17.6 Å². The van der Waals surface area contributed by atoms with Gasteiger partial charge in [0.25, 0.3) is 0 Å². The average molecular weight is 310 g/mol. The van der Waals surface area contributed by atoms with Crippen molar-refractivity contribution in [1.29, 1.82) is 0 Å². The SMILES string of the molecule is CCNC(=NCc1ccon1)N(C)Cc1cc(Cl)cn1C. The van der Waals surface area contributed by atoms with Crippen LogP contribution in [0.4, 0.5) is 0 Å². The number of rotatable bonds is 5. The minimum Gasteiger partial charge on any atom is -0.364 e. The maximum absolute atomic E-state index is 6.01. The van der Waals surface area contributed by atoms with Gasteiger partial charge in [0.2, 0.25) is 0 Å². The van der Waals surface area contributed by atoms with Crippen LogP contribution in [0.25, 0.3) is 0 Å². The first-order chi connectivity index (χ1) is 10.1. The van der Waals surface area contributed by atoms with Gasteiger partial charge in [-0.25, -0.2) is 4.99 Å². The van der Waals surface area contributed by atoms with Crippen LogP contribution < -0.4 is 5.32 Å². The molecule has 0 saturated heterocycles. The van der Waals surface area contributed by atoms with Gasteiger partial charge >= 0.3 is 0 Å². The van der Waals surface area contributed by atoms with E-state index >= 15 is 0 Å². The van der Waals surface area contributed by atoms with Crippen molar-refractivity contribution < 1.29 is 4.52 Å². The summed E-state index contributed by atoms with van der Waals surface area (Å²) in [6.07, 6.45) is 3.44. The van der Waals surface area contributed by atoms with Gasteiger partial charge in [-0.3, -0.25) is 0 Å². The molecule has 2 heterocycles. The third-order valence-corrected chi connectivity index (χ3v) is 3.26. The second kappa shape index (κ2) is 7.17. The Kier molecular flexibility index (Phi) is 5.27. The maximum Gasteiger partial charge on any atom is 0.194 e. The topological polar surface area (TPSA) is 58.6 Å². The summed E-state index contributed by atoms with van der Waals surface area (Å²) < 4.78 is 6.82. The van der Waals surface area contributed by atoms with Crippen molar-refractivity contribution in [2.45, 2.75) is 20.0 Å². The highest BCUT2D eigenvalue weighted by atomic mass is 35.5. The summed E-state index contributed by atoms with van der Waals surface area (Å²) in [5, 5.41) is 7.87. The predicted octanol–water partition coefficient (Wildman–Crippen LogP) is 2.26. The van der Waals surface area contributed by atoms with Gasteiger partial charge in [0.15, 0.2) is 5.96 Å². The molecule has 7 heteroatoms. The molecule has 0 radical (unpaired) electrons. The van der Waals surface area contributed by atoms with Crippen LogP contribution in [0.15, 0.2) is 34.1 Å². The number of halogens is 1. The summed E-state index contributed by atoms with van der Waals surface area (Å²) in [6, 6.07) is 3.77. The maximum atomic E-state index is 6.01. The monoisotopic (exact) mass is 309 g/mol. The summed E-state index contributed by atoms with van der Waals surface area (Å²) in [5.41, 5.74) is 1.93. The van der Waals surface area contributed by atoms with Gasteiger partial charge < -0.3 is 19.3 Å². The van der Waals surface area contributed by atoms with Crippen molar-refractivity contribution in [2.75, 3.05) is 13.6 Å². The molecule has 0 fully saturated rings. The van der Waals surface area contributed by atoms with Crippen molar-refractivity contribution in [1.82, 2.24) is 19.9 Å². The second-order valence-corrected chi connectivity index (χ2v) is 5.21. The third kappa shape index (κ3) is 4.26. The van der Waals surface area contributed by atoms with E-state index in [1.54, 1.807) is 6.26 Å². The molecule has 0 saturated carbocycles. The molecule has 21 heavy (non-hydrogen) atoms. The number of nitrogens with one attached hydrogen (secondary N) is 1. The van der Waals surface area contributed by atoms with Gasteiger partial charge in [-0.15, -0.1) is 0 Å². The van der Waals surface area contributed by atoms with Gasteiger partial charge in [0.1, 0.15) is 12.0 Å². The Morgan fingerprint density at radius 2 is 2.38 bits per heavy atom. The first-order valence-electron chi connectivity index (χ1n) is 6.79. The van der Waals surface area contributed by atoms with Crippen LogP contribution in [0.2, 0.25) is 5.02 Å². The number of nitrogens with zero attached hydrogens (tertiary/aromatic N) is 4. The minimum atomic E-state index is 0.483. The van der Waals surface area contributed by atoms with Crippen LogP contribution in [-0.4, -0.2) is 34.2 Å². The summed E-state index contributed by atoms with van der Waals surface area (Å²) in [4.78, 5) is 6.61. The van der Waals surface area contributed by atoms with Crippen molar-refractivity contribution in [3.63, 3.8) is 0 Å². The van der Waals surface area contributed by atoms with E-state index in [0.717, 1.165) is 28.9 Å². The van der Waals surface area contributed by atoms with E-state index in [-0.39, 0.29) is 0 Å². The number of aliphatic imine (C=N–C) groups is 1. The summed E-state index contributed by atoms with van der Waals surface area (Å²) in [5.74, 6) is 0.817. The molecule has 1 N–H and O–H groups in total. The molecule has 0 amide bonds. The van der Waals surface area contributed by atoms with E-state index in [1.807, 2.05) is 43.9 Å². The lowest BCUT2D eigenvalue weighted by molar-refractivity contribution is 0.411. The molecule has 114 valence electrons. The highest BCUT2D eigenvalue weighted by molar-refractivity contribution is 6.30. The third-order valence-electron chi connectivity index (χ3n) is 3.05. The fourth-order valence-corrected chi connectivity index (χ4v) is 2.26. The fourth-order valence-electron chi connectivity index (χ4n) is 1.99. The number of guanidine groups is 1. The second-order valence-electron chi connectivity index (χ2n) is 4.78. The molecule has 0 unspecified atom stereocenters. The lowest BCUT2D eigenvalue weighted by atomic mass is 10.4. The molecular formula is C14H20ClN5O. The highest BCUT2D eigenvalue weighted by Gasteiger charge is 2.10. The van der Waals surface area contributed by atoms with E-state index in [4.69, 9.17) is 16.1 Å². The Morgan fingerprint density at radius 3 is 2.95 bits per heavy atom. The summed E-state index contributed by atoms with van der Waals surface area (Å²) in [6.45, 7) is 4.04. The quantitative estimate of drug-likeness (QED) is 0.680. The molecule has 0 atom stereocenters. The Bertz CT molecular complexity index is 591. The van der Waals surface area contributed by atoms with Crippen LogP contribution in [0.3, 0.4) is 0 Å². The smallest absolute Gasteiger partial charge is 0.194 e. The van der Waals surface area contributed by atoms with Gasteiger partial charge in [-0.05, 0) is 13.0 Å². The minimum absolute atomic E-state index is 0.483. The molecule has 0 aliphatic heterocycles. The molecule has 2 aromatic rings. The number of aryl methyl sites for hydroxylation is 1. The summed E-state index contributed by atoms with van der Waals surface area (Å²) in [7, 11) is 3.97. The molecular weight excluding hydrogens is 290 g/mol. The first-order valence-corrected chi connectivity index (χ1v) is 7.17. The zero-order chi connectivity index (χ0) is 15.2. The van der Waals surface area contributed by atoms with Gasteiger partial charge in [0, 0.05) is 38.6 Å². The van der Waals surface area contributed by atoms with Crippen LogP contribution in [-0.2, 0) is 20.1 Å². The van der Waals surface area contributed by atoms with E-state index in [2.05, 4.69) is 20.4 Å². The van der Waals surface area contributed by atoms with Crippen LogP contribution in [0.5, 0.6) is 0 Å². The van der Waals surface area contributed by atoms with E-state index in [1.165, 1.54) is 0 Å². The molecule has 0 aliphatic rings. The number of hydrogen-bond donors (Lipinski definition) is 1. The van der Waals surface area contributed by atoms with Crippen LogP contribution >= 0.6 is 11.6 Å². The van der Waals surface area contributed by atoms with Crippen LogP contribution in [0.1, 0.15) is 18.3 Å². The largest absolute Gasteiger partial charge is 0.364 e. The molecule has 2 rings (SSSR count).